The largest absolute Gasteiger partial charge is 0.389 e. The van der Waals surface area contributed by atoms with Crippen molar-refractivity contribution in [3.63, 3.8) is 0 Å². The lowest BCUT2D eigenvalue weighted by molar-refractivity contribution is -0.580. The van der Waals surface area contributed by atoms with E-state index in [1.807, 2.05) is 41.5 Å². The Kier molecular flexibility index (Phi) is 4.29. The van der Waals surface area contributed by atoms with E-state index in [2.05, 4.69) is 9.80 Å². The molecule has 0 radical (unpaired) electrons. The summed E-state index contributed by atoms with van der Waals surface area (Å²) in [6.07, 6.45) is 0. The van der Waals surface area contributed by atoms with E-state index >= 15 is 0 Å². The van der Waals surface area contributed by atoms with Gasteiger partial charge in [0.15, 0.2) is 0 Å². The molecule has 0 bridgehead atoms. The maximum absolute atomic E-state index is 11.4. The van der Waals surface area contributed by atoms with Crippen LogP contribution in [0.15, 0.2) is 0 Å². The van der Waals surface area contributed by atoms with Crippen molar-refractivity contribution in [3.05, 3.63) is 10.1 Å². The second-order valence-electron chi connectivity index (χ2n) is 7.52. The van der Waals surface area contributed by atoms with Gasteiger partial charge in [-0.1, -0.05) is 0 Å². The normalized spacial score (nSPS) is 22.5. The molecule has 0 atom stereocenters. The molecule has 1 heterocycles. The van der Waals surface area contributed by atoms with Gasteiger partial charge in [-0.3, -0.25) is 19.9 Å². The molecule has 6 heteroatoms. The van der Waals surface area contributed by atoms with Gasteiger partial charge in [-0.25, -0.2) is 0 Å². The van der Waals surface area contributed by atoms with Crippen LogP contribution in [-0.4, -0.2) is 62.8 Å². The highest BCUT2D eigenvalue weighted by Gasteiger charge is 2.52. The average molecular weight is 273 g/mol. The molecule has 0 unspecified atom stereocenters. The molecular formula is C13H27N3O3. The third-order valence-electron chi connectivity index (χ3n) is 3.89. The number of rotatable bonds is 2. The van der Waals surface area contributed by atoms with Crippen molar-refractivity contribution in [2.24, 2.45) is 0 Å². The molecule has 1 N–H and O–H groups in total. The topological polar surface area (TPSA) is 69.8 Å². The summed E-state index contributed by atoms with van der Waals surface area (Å²) in [4.78, 5) is 15.3. The smallest absolute Gasteiger partial charge is 0.269 e. The van der Waals surface area contributed by atoms with Gasteiger partial charge in [0.05, 0.1) is 19.8 Å². The molecule has 1 saturated heterocycles. The molecule has 19 heavy (non-hydrogen) atoms. The first-order valence-corrected chi connectivity index (χ1v) is 6.68. The highest BCUT2D eigenvalue weighted by atomic mass is 16.6. The van der Waals surface area contributed by atoms with Crippen LogP contribution in [0.3, 0.4) is 0 Å². The second kappa shape index (κ2) is 5.00. The Morgan fingerprint density at radius 3 is 1.68 bits per heavy atom. The van der Waals surface area contributed by atoms with E-state index in [-0.39, 0.29) is 29.1 Å². The fourth-order valence-electron chi connectivity index (χ4n) is 2.24. The van der Waals surface area contributed by atoms with Gasteiger partial charge < -0.3 is 5.11 Å². The minimum Gasteiger partial charge on any atom is -0.389 e. The first-order chi connectivity index (χ1) is 8.42. The predicted octanol–water partition coefficient (Wildman–Crippen LogP) is 1.17. The van der Waals surface area contributed by atoms with Crippen LogP contribution in [0.25, 0.3) is 0 Å². The quantitative estimate of drug-likeness (QED) is 0.604. The Morgan fingerprint density at radius 1 is 1.11 bits per heavy atom. The summed E-state index contributed by atoms with van der Waals surface area (Å²) in [6.45, 7) is 13.1. The standard InChI is InChI=1S/C13H27N3O3/c1-11(2,3)14-7-13(9-17,16(18)19)8-15(10-14)12(4,5)6/h17H,7-10H2,1-6H3. The minimum absolute atomic E-state index is 0.166. The van der Waals surface area contributed by atoms with Crippen molar-refractivity contribution in [1.29, 1.82) is 0 Å². The van der Waals surface area contributed by atoms with Gasteiger partial charge in [0.2, 0.25) is 0 Å². The van der Waals surface area contributed by atoms with Gasteiger partial charge in [-0.05, 0) is 41.5 Å². The Bertz CT molecular complexity index is 322. The van der Waals surface area contributed by atoms with Crippen molar-refractivity contribution in [3.8, 4) is 0 Å². The van der Waals surface area contributed by atoms with Crippen LogP contribution >= 0.6 is 0 Å². The van der Waals surface area contributed by atoms with Gasteiger partial charge in [-0.15, -0.1) is 0 Å². The molecular weight excluding hydrogens is 246 g/mol. The van der Waals surface area contributed by atoms with E-state index in [4.69, 9.17) is 0 Å². The summed E-state index contributed by atoms with van der Waals surface area (Å²) in [5.41, 5.74) is -1.63. The molecule has 1 fully saturated rings. The molecule has 0 aromatic carbocycles. The summed E-state index contributed by atoms with van der Waals surface area (Å²) in [7, 11) is 0. The maximum Gasteiger partial charge on any atom is 0.269 e. The first-order valence-electron chi connectivity index (χ1n) is 6.68. The van der Waals surface area contributed by atoms with Crippen LogP contribution < -0.4 is 0 Å². The number of hydrogen-bond donors (Lipinski definition) is 1. The lowest BCUT2D eigenvalue weighted by Crippen LogP contribution is -2.70. The van der Waals surface area contributed by atoms with Crippen LogP contribution in [0.4, 0.5) is 0 Å². The summed E-state index contributed by atoms with van der Waals surface area (Å²) in [5, 5.41) is 21.0. The van der Waals surface area contributed by atoms with E-state index in [0.29, 0.717) is 6.67 Å². The Balaban J connectivity index is 3.13. The summed E-state index contributed by atoms with van der Waals surface area (Å²) < 4.78 is 0. The van der Waals surface area contributed by atoms with Crippen molar-refractivity contribution in [1.82, 2.24) is 9.80 Å². The van der Waals surface area contributed by atoms with E-state index in [1.54, 1.807) is 0 Å². The zero-order valence-electron chi connectivity index (χ0n) is 12.9. The Labute approximate surface area is 115 Å². The first kappa shape index (κ1) is 16.3. The van der Waals surface area contributed by atoms with Crippen LogP contribution in [0, 0.1) is 10.1 Å². The average Bonchev–Trinajstić information content (AvgIpc) is 2.25. The molecule has 0 saturated carbocycles. The molecule has 0 aliphatic carbocycles. The SMILES string of the molecule is CC(C)(C)N1CN(C(C)(C)C)CC(CO)([N+](=O)[O-])C1. The lowest BCUT2D eigenvalue weighted by atomic mass is 9.91. The van der Waals surface area contributed by atoms with E-state index in [1.165, 1.54) is 0 Å². The van der Waals surface area contributed by atoms with E-state index in [9.17, 15) is 15.2 Å². The Morgan fingerprint density at radius 2 is 1.47 bits per heavy atom. The number of hydrogen-bond acceptors (Lipinski definition) is 5. The fourth-order valence-corrected chi connectivity index (χ4v) is 2.24. The van der Waals surface area contributed by atoms with Crippen molar-refractivity contribution in [2.45, 2.75) is 58.2 Å². The zero-order chi connectivity index (χ0) is 15.1. The summed E-state index contributed by atoms with van der Waals surface area (Å²) >= 11 is 0. The van der Waals surface area contributed by atoms with Gasteiger partial charge in [0, 0.05) is 16.0 Å². The molecule has 0 aromatic rings. The Hall–Kier alpha value is -0.720. The van der Waals surface area contributed by atoms with Gasteiger partial charge in [-0.2, -0.15) is 0 Å². The van der Waals surface area contributed by atoms with Gasteiger partial charge in [0.1, 0.15) is 6.61 Å². The molecule has 1 aliphatic rings. The fraction of sp³-hybridized carbons (Fsp3) is 1.00. The highest BCUT2D eigenvalue weighted by Crippen LogP contribution is 2.29. The van der Waals surface area contributed by atoms with Crippen LogP contribution in [0.1, 0.15) is 41.5 Å². The third kappa shape index (κ3) is 3.43. The highest BCUT2D eigenvalue weighted by molar-refractivity contribution is 4.97. The number of aliphatic hydroxyl groups is 1. The molecule has 1 aliphatic heterocycles. The maximum atomic E-state index is 11.4. The zero-order valence-corrected chi connectivity index (χ0v) is 12.9. The monoisotopic (exact) mass is 273 g/mol. The van der Waals surface area contributed by atoms with Gasteiger partial charge >= 0.3 is 0 Å². The number of nitro groups is 1. The number of aliphatic hydroxyl groups excluding tert-OH is 1. The molecule has 0 spiro atoms. The molecule has 0 amide bonds. The molecule has 0 aromatic heterocycles. The summed E-state index contributed by atoms with van der Waals surface area (Å²) in [6, 6.07) is 0. The molecule has 112 valence electrons. The third-order valence-corrected chi connectivity index (χ3v) is 3.89. The number of nitrogens with zero attached hydrogens (tertiary/aromatic N) is 3. The lowest BCUT2D eigenvalue weighted by Gasteiger charge is -2.51. The van der Waals surface area contributed by atoms with Crippen molar-refractivity contribution < 1.29 is 10.0 Å². The van der Waals surface area contributed by atoms with E-state index in [0.717, 1.165) is 0 Å². The second-order valence-corrected chi connectivity index (χ2v) is 7.52. The molecule has 6 nitrogen and oxygen atoms in total. The van der Waals surface area contributed by atoms with Crippen LogP contribution in [0.2, 0.25) is 0 Å². The van der Waals surface area contributed by atoms with Gasteiger partial charge in [0.25, 0.3) is 5.54 Å². The summed E-state index contributed by atoms with van der Waals surface area (Å²) in [5.74, 6) is 0. The van der Waals surface area contributed by atoms with Crippen molar-refractivity contribution in [2.75, 3.05) is 26.4 Å². The molecule has 1 rings (SSSR count). The van der Waals surface area contributed by atoms with Crippen LogP contribution in [0.5, 0.6) is 0 Å². The predicted molar refractivity (Wildman–Crippen MR) is 74.6 cm³/mol. The minimum atomic E-state index is -1.29. The van der Waals surface area contributed by atoms with E-state index < -0.39 is 12.1 Å². The van der Waals surface area contributed by atoms with Crippen molar-refractivity contribution >= 4 is 0 Å². The van der Waals surface area contributed by atoms with Crippen LogP contribution in [-0.2, 0) is 0 Å².